The van der Waals surface area contributed by atoms with Crippen LogP contribution in [0.1, 0.15) is 11.1 Å². The maximum atomic E-state index is 12.4. The first kappa shape index (κ1) is 18.3. The van der Waals surface area contributed by atoms with Gasteiger partial charge in [0.25, 0.3) is 5.91 Å². The summed E-state index contributed by atoms with van der Waals surface area (Å²) in [5, 5.41) is 0. The van der Waals surface area contributed by atoms with Crippen LogP contribution in [0.5, 0.6) is 11.5 Å². The summed E-state index contributed by atoms with van der Waals surface area (Å²) in [6.07, 6.45) is 0. The van der Waals surface area contributed by atoms with Crippen molar-refractivity contribution in [2.75, 3.05) is 39.9 Å². The van der Waals surface area contributed by atoms with E-state index in [-0.39, 0.29) is 12.5 Å². The Kier molecular flexibility index (Phi) is 6.12. The summed E-state index contributed by atoms with van der Waals surface area (Å²) in [5.41, 5.74) is 2.35. The van der Waals surface area contributed by atoms with Gasteiger partial charge in [-0.15, -0.1) is 0 Å². The number of para-hydroxylation sites is 1. The van der Waals surface area contributed by atoms with Gasteiger partial charge in [-0.2, -0.15) is 0 Å². The Labute approximate surface area is 155 Å². The van der Waals surface area contributed by atoms with Crippen molar-refractivity contribution in [3.8, 4) is 11.5 Å². The summed E-state index contributed by atoms with van der Waals surface area (Å²) in [6, 6.07) is 15.8. The fraction of sp³-hybridized carbons (Fsp3) is 0.381. The van der Waals surface area contributed by atoms with Crippen molar-refractivity contribution in [2.24, 2.45) is 0 Å². The van der Waals surface area contributed by atoms with Crippen LogP contribution in [-0.2, 0) is 11.3 Å². The van der Waals surface area contributed by atoms with Crippen LogP contribution in [0.15, 0.2) is 48.5 Å². The van der Waals surface area contributed by atoms with Crippen molar-refractivity contribution in [3.05, 3.63) is 59.7 Å². The third-order valence-corrected chi connectivity index (χ3v) is 4.69. The van der Waals surface area contributed by atoms with Crippen molar-refractivity contribution in [1.82, 2.24) is 9.80 Å². The third kappa shape index (κ3) is 4.76. The van der Waals surface area contributed by atoms with Gasteiger partial charge < -0.3 is 14.4 Å². The highest BCUT2D eigenvalue weighted by Crippen LogP contribution is 2.20. The van der Waals surface area contributed by atoms with E-state index in [9.17, 15) is 4.79 Å². The van der Waals surface area contributed by atoms with Crippen LogP contribution in [0.4, 0.5) is 0 Å². The van der Waals surface area contributed by atoms with Gasteiger partial charge in [-0.05, 0) is 25.1 Å². The van der Waals surface area contributed by atoms with Gasteiger partial charge in [-0.1, -0.05) is 35.9 Å². The van der Waals surface area contributed by atoms with Crippen molar-refractivity contribution in [1.29, 1.82) is 0 Å². The minimum absolute atomic E-state index is 0.0440. The molecule has 1 fully saturated rings. The number of nitrogens with zero attached hydrogens (tertiary/aromatic N) is 2. The van der Waals surface area contributed by atoms with Crippen LogP contribution in [-0.4, -0.2) is 55.6 Å². The monoisotopic (exact) mass is 354 g/mol. The maximum Gasteiger partial charge on any atom is 0.260 e. The number of rotatable bonds is 6. The molecule has 0 radical (unpaired) electrons. The minimum atomic E-state index is 0.0440. The second kappa shape index (κ2) is 8.72. The van der Waals surface area contributed by atoms with Gasteiger partial charge in [0, 0.05) is 38.3 Å². The van der Waals surface area contributed by atoms with E-state index in [1.54, 1.807) is 7.11 Å². The lowest BCUT2D eigenvalue weighted by atomic mass is 10.1. The number of hydrogen-bond donors (Lipinski definition) is 0. The predicted octanol–water partition coefficient (Wildman–Crippen LogP) is 2.73. The van der Waals surface area contributed by atoms with E-state index >= 15 is 0 Å². The van der Waals surface area contributed by atoms with Gasteiger partial charge in [0.05, 0.1) is 7.11 Å². The van der Waals surface area contributed by atoms with Crippen molar-refractivity contribution in [3.63, 3.8) is 0 Å². The largest absolute Gasteiger partial charge is 0.496 e. The minimum Gasteiger partial charge on any atom is -0.496 e. The van der Waals surface area contributed by atoms with Crippen molar-refractivity contribution in [2.45, 2.75) is 13.5 Å². The summed E-state index contributed by atoms with van der Waals surface area (Å²) in [7, 11) is 1.70. The normalized spacial score (nSPS) is 14.9. The first-order valence-electron chi connectivity index (χ1n) is 8.97. The number of piperazine rings is 1. The number of ether oxygens (including phenoxy) is 2. The fourth-order valence-electron chi connectivity index (χ4n) is 3.10. The Hall–Kier alpha value is -2.53. The van der Waals surface area contributed by atoms with Crippen LogP contribution in [0, 0.1) is 6.92 Å². The van der Waals surface area contributed by atoms with Crippen LogP contribution in [0.3, 0.4) is 0 Å². The van der Waals surface area contributed by atoms with E-state index in [4.69, 9.17) is 9.47 Å². The van der Waals surface area contributed by atoms with Gasteiger partial charge in [-0.3, -0.25) is 9.69 Å². The number of carbonyl (C=O) groups is 1. The molecule has 5 heteroatoms. The molecule has 2 aromatic carbocycles. The number of benzene rings is 2. The lowest BCUT2D eigenvalue weighted by molar-refractivity contribution is -0.135. The lowest BCUT2D eigenvalue weighted by Gasteiger charge is -2.34. The van der Waals surface area contributed by atoms with Crippen molar-refractivity contribution >= 4 is 5.91 Å². The number of aryl methyl sites for hydroxylation is 1. The average Bonchev–Trinajstić information content (AvgIpc) is 2.68. The first-order valence-corrected chi connectivity index (χ1v) is 8.97. The topological polar surface area (TPSA) is 42.0 Å². The average molecular weight is 354 g/mol. The number of methoxy groups -OCH3 is 1. The highest BCUT2D eigenvalue weighted by atomic mass is 16.5. The number of carbonyl (C=O) groups excluding carboxylic acids is 1. The molecule has 26 heavy (non-hydrogen) atoms. The summed E-state index contributed by atoms with van der Waals surface area (Å²) in [6.45, 7) is 6.13. The fourth-order valence-corrected chi connectivity index (χ4v) is 3.10. The Morgan fingerprint density at radius 2 is 1.69 bits per heavy atom. The predicted molar refractivity (Wildman–Crippen MR) is 102 cm³/mol. The Balaban J connectivity index is 1.45. The quantitative estimate of drug-likeness (QED) is 0.800. The second-order valence-electron chi connectivity index (χ2n) is 6.57. The third-order valence-electron chi connectivity index (χ3n) is 4.69. The van der Waals surface area contributed by atoms with Crippen LogP contribution < -0.4 is 9.47 Å². The first-order chi connectivity index (χ1) is 12.7. The molecule has 1 aliphatic rings. The standard InChI is InChI=1S/C21H26N2O3/c1-17-7-9-19(10-8-17)26-16-21(24)23-13-11-22(12-14-23)15-18-5-3-4-6-20(18)25-2/h3-10H,11-16H2,1-2H3. The van der Waals surface area contributed by atoms with Crippen LogP contribution in [0.25, 0.3) is 0 Å². The molecule has 0 N–H and O–H groups in total. The zero-order valence-electron chi connectivity index (χ0n) is 15.5. The molecule has 1 aliphatic heterocycles. The molecule has 0 spiro atoms. The van der Waals surface area contributed by atoms with Crippen molar-refractivity contribution < 1.29 is 14.3 Å². The molecular formula is C21H26N2O3. The van der Waals surface area contributed by atoms with E-state index in [0.717, 1.165) is 44.2 Å². The molecule has 1 heterocycles. The Morgan fingerprint density at radius 1 is 1.00 bits per heavy atom. The van der Waals surface area contributed by atoms with E-state index in [1.807, 2.05) is 54.3 Å². The molecule has 5 nitrogen and oxygen atoms in total. The van der Waals surface area contributed by atoms with E-state index in [2.05, 4.69) is 11.0 Å². The molecule has 2 aromatic rings. The van der Waals surface area contributed by atoms with E-state index < -0.39 is 0 Å². The lowest BCUT2D eigenvalue weighted by Crippen LogP contribution is -2.49. The highest BCUT2D eigenvalue weighted by molar-refractivity contribution is 5.77. The molecule has 3 rings (SSSR count). The highest BCUT2D eigenvalue weighted by Gasteiger charge is 2.22. The molecule has 138 valence electrons. The second-order valence-corrected chi connectivity index (χ2v) is 6.57. The molecular weight excluding hydrogens is 328 g/mol. The van der Waals surface area contributed by atoms with Crippen LogP contribution >= 0.6 is 0 Å². The molecule has 0 aliphatic carbocycles. The zero-order chi connectivity index (χ0) is 18.4. The van der Waals surface area contributed by atoms with Gasteiger partial charge in [0.15, 0.2) is 6.61 Å². The SMILES string of the molecule is COc1ccccc1CN1CCN(C(=O)COc2ccc(C)cc2)CC1. The Bertz CT molecular complexity index is 722. The van der Waals surface area contributed by atoms with Gasteiger partial charge in [0.2, 0.25) is 0 Å². The zero-order valence-corrected chi connectivity index (χ0v) is 15.5. The van der Waals surface area contributed by atoms with Gasteiger partial charge >= 0.3 is 0 Å². The summed E-state index contributed by atoms with van der Waals surface area (Å²) >= 11 is 0. The summed E-state index contributed by atoms with van der Waals surface area (Å²) in [5.74, 6) is 1.69. The summed E-state index contributed by atoms with van der Waals surface area (Å²) < 4.78 is 11.0. The van der Waals surface area contributed by atoms with E-state index in [1.165, 1.54) is 11.1 Å². The smallest absolute Gasteiger partial charge is 0.260 e. The molecule has 0 saturated carbocycles. The summed E-state index contributed by atoms with van der Waals surface area (Å²) in [4.78, 5) is 16.6. The Morgan fingerprint density at radius 3 is 2.38 bits per heavy atom. The van der Waals surface area contributed by atoms with Gasteiger partial charge in [0.1, 0.15) is 11.5 Å². The number of hydrogen-bond acceptors (Lipinski definition) is 4. The van der Waals surface area contributed by atoms with Gasteiger partial charge in [-0.25, -0.2) is 0 Å². The number of amides is 1. The molecule has 0 atom stereocenters. The molecule has 1 amide bonds. The maximum absolute atomic E-state index is 12.4. The van der Waals surface area contributed by atoms with E-state index in [0.29, 0.717) is 0 Å². The molecule has 0 unspecified atom stereocenters. The van der Waals surface area contributed by atoms with Crippen LogP contribution in [0.2, 0.25) is 0 Å². The molecule has 1 saturated heterocycles. The molecule has 0 bridgehead atoms. The molecule has 0 aromatic heterocycles.